The molecule has 0 aliphatic carbocycles. The number of carbonyl (C=O) groups is 2. The van der Waals surface area contributed by atoms with Crippen molar-refractivity contribution >= 4 is 11.9 Å². The number of aromatic nitrogens is 2. The number of hydrogen-bond acceptors (Lipinski definition) is 4. The number of carbonyl (C=O) groups excluding carboxylic acids is 2. The highest BCUT2D eigenvalue weighted by atomic mass is 19.1. The smallest absolute Gasteiger partial charge is 0.359 e. The second kappa shape index (κ2) is 8.10. The summed E-state index contributed by atoms with van der Waals surface area (Å²) in [5, 5.41) is 4.54. The Labute approximate surface area is 173 Å². The van der Waals surface area contributed by atoms with Crippen LogP contribution >= 0.6 is 0 Å². The molecule has 0 bridgehead atoms. The molecular weight excluding hydrogens is 385 g/mol. The van der Waals surface area contributed by atoms with Gasteiger partial charge < -0.3 is 9.64 Å². The third-order valence-corrected chi connectivity index (χ3v) is 5.16. The van der Waals surface area contributed by atoms with E-state index in [1.54, 1.807) is 22.6 Å². The standard InChI is InChI=1S/C23H22FN3O3/c1-3-30-23(29)21-19-14-26(22(28)16-5-4-6-17(24)13-16)12-11-20(19)27(25-21)18-9-7-15(2)8-10-18/h4-10,13H,3,11-12,14H2,1-2H3. The molecule has 0 saturated carbocycles. The first-order valence-electron chi connectivity index (χ1n) is 9.87. The highest BCUT2D eigenvalue weighted by Crippen LogP contribution is 2.27. The first-order chi connectivity index (χ1) is 14.5. The van der Waals surface area contributed by atoms with Gasteiger partial charge in [0.1, 0.15) is 5.82 Å². The second-order valence-electron chi connectivity index (χ2n) is 7.23. The molecule has 30 heavy (non-hydrogen) atoms. The number of benzene rings is 2. The minimum absolute atomic E-state index is 0.212. The molecule has 0 spiro atoms. The third-order valence-electron chi connectivity index (χ3n) is 5.16. The van der Waals surface area contributed by atoms with Crippen LogP contribution < -0.4 is 0 Å². The minimum Gasteiger partial charge on any atom is -0.461 e. The van der Waals surface area contributed by atoms with E-state index in [1.165, 1.54) is 18.2 Å². The summed E-state index contributed by atoms with van der Waals surface area (Å²) in [6.07, 6.45) is 0.524. The van der Waals surface area contributed by atoms with Gasteiger partial charge in [0.2, 0.25) is 0 Å². The van der Waals surface area contributed by atoms with E-state index >= 15 is 0 Å². The number of amides is 1. The molecule has 1 aliphatic rings. The lowest BCUT2D eigenvalue weighted by Gasteiger charge is -2.28. The van der Waals surface area contributed by atoms with E-state index in [0.29, 0.717) is 18.5 Å². The van der Waals surface area contributed by atoms with Crippen LogP contribution in [-0.4, -0.2) is 39.7 Å². The summed E-state index contributed by atoms with van der Waals surface area (Å²) in [5.74, 6) is -1.25. The minimum atomic E-state index is -0.514. The maximum Gasteiger partial charge on any atom is 0.359 e. The number of aryl methyl sites for hydroxylation is 1. The molecule has 1 aliphatic heterocycles. The normalized spacial score (nSPS) is 13.1. The first-order valence-corrected chi connectivity index (χ1v) is 9.87. The zero-order chi connectivity index (χ0) is 21.3. The summed E-state index contributed by atoms with van der Waals surface area (Å²) in [5.41, 5.74) is 4.01. The maximum atomic E-state index is 13.6. The van der Waals surface area contributed by atoms with E-state index in [1.807, 2.05) is 31.2 Å². The highest BCUT2D eigenvalue weighted by molar-refractivity contribution is 5.95. The second-order valence-corrected chi connectivity index (χ2v) is 7.23. The predicted molar refractivity (Wildman–Crippen MR) is 109 cm³/mol. The van der Waals surface area contributed by atoms with Crippen LogP contribution in [0.2, 0.25) is 0 Å². The number of fused-ring (bicyclic) bond motifs is 1. The molecule has 7 heteroatoms. The molecule has 4 rings (SSSR count). The monoisotopic (exact) mass is 407 g/mol. The van der Waals surface area contributed by atoms with Gasteiger partial charge in [-0.1, -0.05) is 23.8 Å². The van der Waals surface area contributed by atoms with Crippen molar-refractivity contribution in [3.8, 4) is 5.69 Å². The Balaban J connectivity index is 1.72. The topological polar surface area (TPSA) is 64.4 Å². The van der Waals surface area contributed by atoms with Gasteiger partial charge in [-0.05, 0) is 44.2 Å². The summed E-state index contributed by atoms with van der Waals surface area (Å²) in [6, 6.07) is 13.5. The van der Waals surface area contributed by atoms with Gasteiger partial charge in [0.15, 0.2) is 5.69 Å². The van der Waals surface area contributed by atoms with E-state index in [0.717, 1.165) is 16.9 Å². The van der Waals surface area contributed by atoms with E-state index < -0.39 is 11.8 Å². The van der Waals surface area contributed by atoms with Crippen LogP contribution in [0.4, 0.5) is 4.39 Å². The molecule has 0 N–H and O–H groups in total. The lowest BCUT2D eigenvalue weighted by atomic mass is 10.0. The van der Waals surface area contributed by atoms with Gasteiger partial charge in [0.05, 0.1) is 24.5 Å². The van der Waals surface area contributed by atoms with Crippen LogP contribution in [0.3, 0.4) is 0 Å². The van der Waals surface area contributed by atoms with Crippen LogP contribution in [0.5, 0.6) is 0 Å². The molecule has 2 aromatic carbocycles. The average Bonchev–Trinajstić information content (AvgIpc) is 3.13. The summed E-state index contributed by atoms with van der Waals surface area (Å²) in [7, 11) is 0. The molecule has 1 aromatic heterocycles. The van der Waals surface area contributed by atoms with E-state index in [-0.39, 0.29) is 30.3 Å². The van der Waals surface area contributed by atoms with Crippen LogP contribution in [-0.2, 0) is 17.7 Å². The van der Waals surface area contributed by atoms with E-state index in [2.05, 4.69) is 5.10 Å². The average molecular weight is 407 g/mol. The molecule has 1 amide bonds. The van der Waals surface area contributed by atoms with E-state index in [4.69, 9.17) is 4.74 Å². The number of esters is 1. The van der Waals surface area contributed by atoms with Gasteiger partial charge in [-0.25, -0.2) is 13.9 Å². The SMILES string of the molecule is CCOC(=O)c1nn(-c2ccc(C)cc2)c2c1CN(C(=O)c1cccc(F)c1)CC2. The van der Waals surface area contributed by atoms with Gasteiger partial charge >= 0.3 is 5.97 Å². The van der Waals surface area contributed by atoms with Crippen LogP contribution in [0, 0.1) is 12.7 Å². The highest BCUT2D eigenvalue weighted by Gasteiger charge is 2.31. The van der Waals surface area contributed by atoms with Gasteiger partial charge in [0.25, 0.3) is 5.91 Å². The largest absolute Gasteiger partial charge is 0.461 e. The van der Waals surface area contributed by atoms with Crippen LogP contribution in [0.25, 0.3) is 5.69 Å². The molecule has 0 radical (unpaired) electrons. The molecule has 2 heterocycles. The zero-order valence-electron chi connectivity index (χ0n) is 16.9. The zero-order valence-corrected chi connectivity index (χ0v) is 16.9. The van der Waals surface area contributed by atoms with Crippen LogP contribution in [0.1, 0.15) is 44.6 Å². The Morgan fingerprint density at radius 1 is 1.17 bits per heavy atom. The van der Waals surface area contributed by atoms with Crippen molar-refractivity contribution in [3.05, 3.63) is 82.4 Å². The number of hydrogen-bond donors (Lipinski definition) is 0. The summed E-state index contributed by atoms with van der Waals surface area (Å²) >= 11 is 0. The van der Waals surface area contributed by atoms with Crippen molar-refractivity contribution in [3.63, 3.8) is 0 Å². The van der Waals surface area contributed by atoms with E-state index in [9.17, 15) is 14.0 Å². The van der Waals surface area contributed by atoms with Crippen molar-refractivity contribution in [1.82, 2.24) is 14.7 Å². The van der Waals surface area contributed by atoms with Crippen molar-refractivity contribution < 1.29 is 18.7 Å². The Bertz CT molecular complexity index is 1110. The first kappa shape index (κ1) is 19.8. The van der Waals surface area contributed by atoms with Gasteiger partial charge in [0, 0.05) is 24.1 Å². The van der Waals surface area contributed by atoms with Gasteiger partial charge in [-0.2, -0.15) is 5.10 Å². The molecule has 154 valence electrons. The van der Waals surface area contributed by atoms with Crippen molar-refractivity contribution in [1.29, 1.82) is 0 Å². The molecule has 6 nitrogen and oxygen atoms in total. The van der Waals surface area contributed by atoms with Crippen molar-refractivity contribution in [2.24, 2.45) is 0 Å². The number of ether oxygens (including phenoxy) is 1. The molecule has 3 aromatic rings. The molecule has 0 atom stereocenters. The lowest BCUT2D eigenvalue weighted by Crippen LogP contribution is -2.36. The predicted octanol–water partition coefficient (Wildman–Crippen LogP) is 3.70. The Hall–Kier alpha value is -3.48. The number of rotatable bonds is 4. The fourth-order valence-electron chi connectivity index (χ4n) is 3.66. The molecule has 0 fully saturated rings. The number of nitrogens with zero attached hydrogens (tertiary/aromatic N) is 3. The Morgan fingerprint density at radius 2 is 1.93 bits per heavy atom. The van der Waals surface area contributed by atoms with Gasteiger partial charge in [-0.15, -0.1) is 0 Å². The summed E-state index contributed by atoms with van der Waals surface area (Å²) in [6.45, 7) is 4.63. The van der Waals surface area contributed by atoms with Crippen LogP contribution in [0.15, 0.2) is 48.5 Å². The maximum absolute atomic E-state index is 13.6. The Kier molecular flexibility index (Phi) is 5.35. The van der Waals surface area contributed by atoms with Crippen molar-refractivity contribution in [2.45, 2.75) is 26.8 Å². The lowest BCUT2D eigenvalue weighted by molar-refractivity contribution is 0.0513. The fraction of sp³-hybridized carbons (Fsp3) is 0.261. The quantitative estimate of drug-likeness (QED) is 0.619. The molecule has 0 unspecified atom stereocenters. The molecular formula is C23H22FN3O3. The summed E-state index contributed by atoms with van der Waals surface area (Å²) < 4.78 is 20.5. The third kappa shape index (κ3) is 3.70. The van der Waals surface area contributed by atoms with Crippen molar-refractivity contribution in [2.75, 3.05) is 13.2 Å². The fourth-order valence-corrected chi connectivity index (χ4v) is 3.66. The Morgan fingerprint density at radius 3 is 2.63 bits per heavy atom. The summed E-state index contributed by atoms with van der Waals surface area (Å²) in [4.78, 5) is 27.1. The molecule has 0 saturated heterocycles. The number of halogens is 1. The van der Waals surface area contributed by atoms with Gasteiger partial charge in [-0.3, -0.25) is 4.79 Å².